The third-order valence-electron chi connectivity index (χ3n) is 7.30. The molecule has 1 aliphatic carbocycles. The van der Waals surface area contributed by atoms with Crippen LogP contribution in [0.15, 0.2) is 35.4 Å². The van der Waals surface area contributed by atoms with Gasteiger partial charge in [0.1, 0.15) is 34.8 Å². The quantitative estimate of drug-likeness (QED) is 0.419. The minimum Gasteiger partial charge on any atom is -0.367 e. The minimum absolute atomic E-state index is 0.0773. The van der Waals surface area contributed by atoms with Gasteiger partial charge in [-0.05, 0) is 38.3 Å². The smallest absolute Gasteiger partial charge is 0.280 e. The zero-order chi connectivity index (χ0) is 25.3. The third-order valence-corrected chi connectivity index (χ3v) is 7.30. The van der Waals surface area contributed by atoms with Crippen LogP contribution in [0.4, 0.5) is 14.7 Å². The number of aryl methyl sites for hydroxylation is 1. The Morgan fingerprint density at radius 2 is 1.95 bits per heavy atom. The summed E-state index contributed by atoms with van der Waals surface area (Å²) >= 11 is 0. The van der Waals surface area contributed by atoms with E-state index >= 15 is 0 Å². The van der Waals surface area contributed by atoms with Gasteiger partial charge in [-0.3, -0.25) is 14.0 Å². The molecule has 3 aliphatic rings. The number of nitrogens with zero attached hydrogens (tertiary/aromatic N) is 7. The van der Waals surface area contributed by atoms with Crippen molar-refractivity contribution in [1.82, 2.24) is 29.3 Å². The molecule has 2 aliphatic heterocycles. The molecule has 1 aromatic carbocycles. The Morgan fingerprint density at radius 3 is 2.76 bits per heavy atom. The van der Waals surface area contributed by atoms with E-state index < -0.39 is 11.6 Å². The van der Waals surface area contributed by atoms with Gasteiger partial charge < -0.3 is 9.64 Å². The van der Waals surface area contributed by atoms with Crippen LogP contribution in [0.2, 0.25) is 0 Å². The van der Waals surface area contributed by atoms with E-state index in [0.29, 0.717) is 43.9 Å². The molecule has 37 heavy (non-hydrogen) atoms. The van der Waals surface area contributed by atoms with Crippen molar-refractivity contribution >= 4 is 17.0 Å². The maximum absolute atomic E-state index is 15.0. The van der Waals surface area contributed by atoms with Gasteiger partial charge in [-0.1, -0.05) is 0 Å². The lowest BCUT2D eigenvalue weighted by atomic mass is 10.1. The Balaban J connectivity index is 1.35. The highest BCUT2D eigenvalue weighted by Crippen LogP contribution is 2.36. The Bertz CT molecular complexity index is 1600. The van der Waals surface area contributed by atoms with Gasteiger partial charge >= 0.3 is 0 Å². The zero-order valence-electron chi connectivity index (χ0n) is 20.3. The predicted molar refractivity (Wildman–Crippen MR) is 131 cm³/mol. The van der Waals surface area contributed by atoms with Crippen molar-refractivity contribution in [2.45, 2.75) is 57.4 Å². The molecule has 11 heteroatoms. The topological polar surface area (TPSA) is 91.0 Å². The Hall–Kier alpha value is -3.73. The molecule has 2 fully saturated rings. The number of rotatable bonds is 4. The second-order valence-corrected chi connectivity index (χ2v) is 10.1. The summed E-state index contributed by atoms with van der Waals surface area (Å²) in [4.78, 5) is 29.4. The van der Waals surface area contributed by atoms with Crippen LogP contribution in [0.3, 0.4) is 0 Å². The first kappa shape index (κ1) is 22.5. The second-order valence-electron chi connectivity index (χ2n) is 10.1. The van der Waals surface area contributed by atoms with Gasteiger partial charge in [0.25, 0.3) is 5.56 Å². The lowest BCUT2D eigenvalue weighted by molar-refractivity contribution is -0.0178. The monoisotopic (exact) mass is 505 g/mol. The van der Waals surface area contributed by atoms with Gasteiger partial charge in [-0.15, -0.1) is 0 Å². The molecule has 7 rings (SSSR count). The highest BCUT2D eigenvalue weighted by atomic mass is 19.1. The summed E-state index contributed by atoms with van der Waals surface area (Å²) in [5.74, 6) is -0.539. The van der Waals surface area contributed by atoms with Crippen molar-refractivity contribution in [1.29, 1.82) is 0 Å². The SMILES string of the molecule is C[C@@H]1CN(c2nc(-c3ccc(F)cc3F)c3nc4n(c(=O)c3n2)CCC4)C[C@H](c2cnn(C3CC3)c2)O1. The van der Waals surface area contributed by atoms with E-state index in [-0.39, 0.29) is 40.1 Å². The summed E-state index contributed by atoms with van der Waals surface area (Å²) in [6.07, 6.45) is 7.17. The van der Waals surface area contributed by atoms with Crippen molar-refractivity contribution in [3.63, 3.8) is 0 Å². The van der Waals surface area contributed by atoms with E-state index in [9.17, 15) is 13.6 Å². The maximum atomic E-state index is 15.0. The molecule has 4 aromatic rings. The highest BCUT2D eigenvalue weighted by molar-refractivity contribution is 5.89. The number of anilines is 1. The van der Waals surface area contributed by atoms with Crippen LogP contribution < -0.4 is 10.5 Å². The number of hydrogen-bond acceptors (Lipinski definition) is 7. The summed E-state index contributed by atoms with van der Waals surface area (Å²) in [5, 5.41) is 4.49. The molecule has 5 heterocycles. The molecule has 0 N–H and O–H groups in total. The highest BCUT2D eigenvalue weighted by Gasteiger charge is 2.32. The normalized spacial score (nSPS) is 21.5. The number of fused-ring (bicyclic) bond motifs is 2. The summed E-state index contributed by atoms with van der Waals surface area (Å²) in [6, 6.07) is 3.79. The largest absolute Gasteiger partial charge is 0.367 e. The zero-order valence-corrected chi connectivity index (χ0v) is 20.3. The van der Waals surface area contributed by atoms with E-state index in [2.05, 4.69) is 15.1 Å². The molecule has 0 spiro atoms. The number of aromatic nitrogens is 6. The van der Waals surface area contributed by atoms with Crippen LogP contribution >= 0.6 is 0 Å². The number of hydrogen-bond donors (Lipinski definition) is 0. The molecule has 0 unspecified atom stereocenters. The van der Waals surface area contributed by atoms with Crippen LogP contribution in [0.1, 0.15) is 49.7 Å². The molecule has 0 bridgehead atoms. The lowest BCUT2D eigenvalue weighted by Crippen LogP contribution is -2.43. The van der Waals surface area contributed by atoms with Crippen molar-refractivity contribution in [3.05, 3.63) is 64.0 Å². The van der Waals surface area contributed by atoms with Crippen molar-refractivity contribution in [3.8, 4) is 11.3 Å². The number of halogens is 2. The lowest BCUT2D eigenvalue weighted by Gasteiger charge is -2.36. The Labute approximate surface area is 210 Å². The molecule has 9 nitrogen and oxygen atoms in total. The fourth-order valence-electron chi connectivity index (χ4n) is 5.32. The first-order valence-electron chi connectivity index (χ1n) is 12.7. The fourth-order valence-corrected chi connectivity index (χ4v) is 5.32. The van der Waals surface area contributed by atoms with Crippen molar-refractivity contribution in [2.75, 3.05) is 18.0 Å². The van der Waals surface area contributed by atoms with Crippen LogP contribution in [0.25, 0.3) is 22.3 Å². The molecule has 0 amide bonds. The predicted octanol–water partition coefficient (Wildman–Crippen LogP) is 3.58. The van der Waals surface area contributed by atoms with Gasteiger partial charge in [0.15, 0.2) is 5.52 Å². The van der Waals surface area contributed by atoms with Crippen molar-refractivity contribution in [2.24, 2.45) is 0 Å². The van der Waals surface area contributed by atoms with E-state index in [0.717, 1.165) is 30.9 Å². The maximum Gasteiger partial charge on any atom is 0.280 e. The van der Waals surface area contributed by atoms with Crippen LogP contribution in [0, 0.1) is 11.6 Å². The van der Waals surface area contributed by atoms with E-state index in [1.54, 1.807) is 4.57 Å². The second kappa shape index (κ2) is 8.41. The number of ether oxygens (including phenoxy) is 1. The molecule has 1 saturated heterocycles. The van der Waals surface area contributed by atoms with Crippen LogP contribution in [-0.2, 0) is 17.7 Å². The molecule has 190 valence electrons. The van der Waals surface area contributed by atoms with E-state index in [1.165, 1.54) is 12.1 Å². The van der Waals surface area contributed by atoms with Crippen molar-refractivity contribution < 1.29 is 13.5 Å². The molecular weight excluding hydrogens is 480 g/mol. The third kappa shape index (κ3) is 3.88. The first-order valence-corrected chi connectivity index (χ1v) is 12.7. The molecule has 0 radical (unpaired) electrons. The summed E-state index contributed by atoms with van der Waals surface area (Å²) in [6.45, 7) is 3.47. The van der Waals surface area contributed by atoms with Crippen LogP contribution in [0.5, 0.6) is 0 Å². The fraction of sp³-hybridized carbons (Fsp3) is 0.423. The molecular formula is C26H25F2N7O2. The van der Waals surface area contributed by atoms with Crippen LogP contribution in [-0.4, -0.2) is 48.5 Å². The average molecular weight is 506 g/mol. The van der Waals surface area contributed by atoms with Gasteiger partial charge in [-0.2, -0.15) is 5.10 Å². The summed E-state index contributed by atoms with van der Waals surface area (Å²) in [7, 11) is 0. The van der Waals surface area contributed by atoms with Gasteiger partial charge in [-0.25, -0.2) is 23.7 Å². The number of benzene rings is 1. The standard InChI is InChI=1S/C26H25F2N7O2/c1-14-11-33(13-20(37-14)15-10-29-35(12-15)17-5-6-17)26-31-22(18-7-4-16(27)9-19(18)28)23-24(32-26)25(36)34-8-2-3-21(34)30-23/h4,7,9-10,12,14,17,20H,2-3,5-6,8,11,13H2,1H3/t14-,20-/m1/s1. The Kier molecular flexibility index (Phi) is 5.10. The molecule has 1 saturated carbocycles. The molecule has 3 aromatic heterocycles. The van der Waals surface area contributed by atoms with E-state index in [4.69, 9.17) is 9.72 Å². The van der Waals surface area contributed by atoms with Gasteiger partial charge in [0.2, 0.25) is 5.95 Å². The average Bonchev–Trinajstić information content (AvgIpc) is 3.41. The first-order chi connectivity index (χ1) is 17.9. The van der Waals surface area contributed by atoms with Gasteiger partial charge in [0.05, 0.1) is 24.9 Å². The van der Waals surface area contributed by atoms with E-state index in [1.807, 2.05) is 28.9 Å². The van der Waals surface area contributed by atoms with Gasteiger partial charge in [0, 0.05) is 42.9 Å². The number of morpholine rings is 1. The minimum atomic E-state index is -0.769. The Morgan fingerprint density at radius 1 is 1.08 bits per heavy atom. The summed E-state index contributed by atoms with van der Waals surface area (Å²) in [5.41, 5.74) is 1.32. The summed E-state index contributed by atoms with van der Waals surface area (Å²) < 4.78 is 38.5. The molecule has 2 atom stereocenters.